The summed E-state index contributed by atoms with van der Waals surface area (Å²) in [7, 11) is 1.73. The number of carbonyl (C=O) groups is 3. The van der Waals surface area contributed by atoms with E-state index in [0.717, 1.165) is 18.4 Å². The van der Waals surface area contributed by atoms with Crippen molar-refractivity contribution in [2.45, 2.75) is 66.1 Å². The Morgan fingerprint density at radius 1 is 1.23 bits per heavy atom. The van der Waals surface area contributed by atoms with Crippen LogP contribution in [0, 0.1) is 11.8 Å². The minimum absolute atomic E-state index is 0.0156. The predicted octanol–water partition coefficient (Wildman–Crippen LogP) is 4.03. The zero-order valence-electron chi connectivity index (χ0n) is 23.0. The number of aliphatic hydroxyl groups is 1. The van der Waals surface area contributed by atoms with Gasteiger partial charge in [0.25, 0.3) is 0 Å². The van der Waals surface area contributed by atoms with Gasteiger partial charge in [0.15, 0.2) is 0 Å². The van der Waals surface area contributed by atoms with E-state index in [1.54, 1.807) is 40.8 Å². The van der Waals surface area contributed by atoms with E-state index in [1.807, 2.05) is 42.2 Å². The molecule has 1 aromatic carbocycles. The van der Waals surface area contributed by atoms with E-state index in [9.17, 15) is 19.5 Å². The molecule has 3 heterocycles. The lowest BCUT2D eigenvalue weighted by molar-refractivity contribution is -0.147. The highest BCUT2D eigenvalue weighted by molar-refractivity contribution is 9.09. The number of aliphatic hydroxyl groups excluding tert-OH is 1. The minimum Gasteiger partial charge on any atom is -0.394 e. The first-order valence-electron chi connectivity index (χ1n) is 13.8. The summed E-state index contributed by atoms with van der Waals surface area (Å²) < 4.78 is -0.782. The lowest BCUT2D eigenvalue weighted by atomic mass is 9.70. The van der Waals surface area contributed by atoms with Crippen LogP contribution in [0.4, 0.5) is 0 Å². The van der Waals surface area contributed by atoms with E-state index >= 15 is 0 Å². The molecular formula is C30H40BrN3O4S. The fourth-order valence-electron chi connectivity index (χ4n) is 6.89. The van der Waals surface area contributed by atoms with Crippen molar-refractivity contribution in [1.82, 2.24) is 14.7 Å². The number of nitrogens with zero attached hydrogens (tertiary/aromatic N) is 3. The maximum Gasteiger partial charge on any atom is 0.247 e. The number of benzene rings is 1. The topological polar surface area (TPSA) is 81.2 Å². The third-order valence-electron chi connectivity index (χ3n) is 8.57. The van der Waals surface area contributed by atoms with Gasteiger partial charge in [0.05, 0.1) is 29.2 Å². The summed E-state index contributed by atoms with van der Waals surface area (Å²) in [6.45, 7) is 12.2. The third kappa shape index (κ3) is 4.99. The smallest absolute Gasteiger partial charge is 0.247 e. The molecule has 7 nitrogen and oxygen atoms in total. The van der Waals surface area contributed by atoms with Crippen molar-refractivity contribution in [2.75, 3.05) is 26.7 Å². The van der Waals surface area contributed by atoms with Crippen LogP contribution in [0.2, 0.25) is 0 Å². The molecule has 3 saturated heterocycles. The minimum atomic E-state index is -0.816. The average Bonchev–Trinajstić information content (AvgIpc) is 3.51. The number of amides is 3. The Morgan fingerprint density at radius 3 is 2.49 bits per heavy atom. The molecule has 2 bridgehead atoms. The Hall–Kier alpha value is -2.10. The number of likely N-dealkylation sites (N-methyl/N-ethyl adjacent to an activating group) is 1. The molecule has 0 aromatic heterocycles. The average molecular weight is 619 g/mol. The van der Waals surface area contributed by atoms with Crippen LogP contribution in [0.25, 0.3) is 0 Å². The van der Waals surface area contributed by atoms with Gasteiger partial charge in [-0.05, 0) is 25.3 Å². The fourth-order valence-corrected chi connectivity index (χ4v) is 10.5. The lowest BCUT2D eigenvalue weighted by Gasteiger charge is -2.41. The molecule has 0 saturated carbocycles. The fraction of sp³-hybridized carbons (Fsp3) is 0.567. The Bertz CT molecular complexity index is 1100. The van der Waals surface area contributed by atoms with Gasteiger partial charge in [0, 0.05) is 36.3 Å². The van der Waals surface area contributed by atoms with Crippen LogP contribution in [0.15, 0.2) is 55.6 Å². The van der Waals surface area contributed by atoms with Gasteiger partial charge in [-0.2, -0.15) is 0 Å². The molecule has 9 heteroatoms. The standard InChI is InChI=1S/C30H40BrN3O4S/c1-6-12-19(4)33(16-8-3)29(38)26-30-17-21(31)25(39-30)23(27(36)32(5)15-7-2)24(30)28(37)34(26)22(18-35)20-13-10-9-11-14-20/h7-11,13-14,19,21-26,35H,2-3,6,12,15-18H2,1,4-5H3/t19?,21?,22-,23-,24+,25-,26?,30?/m1/s1. The molecule has 4 unspecified atom stereocenters. The van der Waals surface area contributed by atoms with Crippen LogP contribution >= 0.6 is 27.7 Å². The molecule has 3 aliphatic rings. The van der Waals surface area contributed by atoms with Gasteiger partial charge in [-0.3, -0.25) is 14.4 Å². The normalized spacial score (nSPS) is 30.5. The van der Waals surface area contributed by atoms with Crippen molar-refractivity contribution >= 4 is 45.4 Å². The number of hydrogen-bond acceptors (Lipinski definition) is 5. The van der Waals surface area contributed by atoms with Gasteiger partial charge in [0.2, 0.25) is 17.7 Å². The second kappa shape index (κ2) is 12.2. The van der Waals surface area contributed by atoms with E-state index in [2.05, 4.69) is 36.0 Å². The van der Waals surface area contributed by atoms with Crippen molar-refractivity contribution in [3.05, 3.63) is 61.2 Å². The second-order valence-electron chi connectivity index (χ2n) is 10.9. The molecular weight excluding hydrogens is 578 g/mol. The van der Waals surface area contributed by atoms with Gasteiger partial charge >= 0.3 is 0 Å². The Morgan fingerprint density at radius 2 is 1.90 bits per heavy atom. The Kier molecular flexibility index (Phi) is 9.33. The van der Waals surface area contributed by atoms with Crippen molar-refractivity contribution in [1.29, 1.82) is 0 Å². The molecule has 1 aromatic rings. The van der Waals surface area contributed by atoms with Crippen LogP contribution in [0.1, 0.15) is 44.7 Å². The van der Waals surface area contributed by atoms with Crippen LogP contribution in [0.3, 0.4) is 0 Å². The van der Waals surface area contributed by atoms with Gasteiger partial charge in [-0.1, -0.05) is 71.8 Å². The molecule has 8 atom stereocenters. The van der Waals surface area contributed by atoms with E-state index in [4.69, 9.17) is 0 Å². The first kappa shape index (κ1) is 29.9. The number of fused-ring (bicyclic) bond motifs is 1. The summed E-state index contributed by atoms with van der Waals surface area (Å²) in [6, 6.07) is 7.81. The van der Waals surface area contributed by atoms with Crippen LogP contribution in [-0.2, 0) is 14.4 Å². The summed E-state index contributed by atoms with van der Waals surface area (Å²) in [4.78, 5) is 48.1. The summed E-state index contributed by atoms with van der Waals surface area (Å²) in [5, 5.41) is 10.5. The highest BCUT2D eigenvalue weighted by Crippen LogP contribution is 2.68. The van der Waals surface area contributed by atoms with E-state index in [1.165, 1.54) is 0 Å². The van der Waals surface area contributed by atoms with E-state index < -0.39 is 28.7 Å². The maximum atomic E-state index is 14.7. The lowest BCUT2D eigenvalue weighted by Crippen LogP contribution is -2.57. The van der Waals surface area contributed by atoms with Crippen LogP contribution < -0.4 is 0 Å². The Labute approximate surface area is 244 Å². The summed E-state index contributed by atoms with van der Waals surface area (Å²) >= 11 is 5.45. The third-order valence-corrected chi connectivity index (χ3v) is 11.8. The molecule has 3 fully saturated rings. The zero-order valence-corrected chi connectivity index (χ0v) is 25.4. The quantitative estimate of drug-likeness (QED) is 0.283. The Balaban J connectivity index is 1.87. The molecule has 212 valence electrons. The van der Waals surface area contributed by atoms with Crippen molar-refractivity contribution < 1.29 is 19.5 Å². The molecule has 1 spiro atoms. The maximum absolute atomic E-state index is 14.7. The van der Waals surface area contributed by atoms with Gasteiger partial charge < -0.3 is 19.8 Å². The highest BCUT2D eigenvalue weighted by atomic mass is 79.9. The molecule has 0 aliphatic carbocycles. The number of thioether (sulfide) groups is 1. The van der Waals surface area contributed by atoms with Crippen LogP contribution in [-0.4, -0.2) is 91.2 Å². The van der Waals surface area contributed by atoms with Crippen LogP contribution in [0.5, 0.6) is 0 Å². The number of likely N-dealkylation sites (tertiary alicyclic amines) is 1. The number of alkyl halides is 1. The van der Waals surface area contributed by atoms with E-state index in [0.29, 0.717) is 19.5 Å². The van der Waals surface area contributed by atoms with Gasteiger partial charge in [-0.25, -0.2) is 0 Å². The predicted molar refractivity (Wildman–Crippen MR) is 159 cm³/mol. The van der Waals surface area contributed by atoms with Gasteiger partial charge in [0.1, 0.15) is 6.04 Å². The molecule has 1 N–H and O–H groups in total. The highest BCUT2D eigenvalue weighted by Gasteiger charge is 2.76. The molecule has 3 amide bonds. The summed E-state index contributed by atoms with van der Waals surface area (Å²) in [5.74, 6) is -1.69. The summed E-state index contributed by atoms with van der Waals surface area (Å²) in [5.41, 5.74) is 0.765. The summed E-state index contributed by atoms with van der Waals surface area (Å²) in [6.07, 6.45) is 5.73. The SMILES string of the molecule is C=CCN(C)C(=O)[C@H]1[C@@H]2SC3(CC2Br)C(C(=O)N(CC=C)C(C)CCC)N([C@H](CO)c2ccccc2)C(=O)[C@H]13. The first-order chi connectivity index (χ1) is 18.7. The zero-order chi connectivity index (χ0) is 28.5. The van der Waals surface area contributed by atoms with Gasteiger partial charge in [-0.15, -0.1) is 24.9 Å². The largest absolute Gasteiger partial charge is 0.394 e. The van der Waals surface area contributed by atoms with E-state index in [-0.39, 0.29) is 40.4 Å². The molecule has 3 aliphatic heterocycles. The van der Waals surface area contributed by atoms with Crippen molar-refractivity contribution in [2.24, 2.45) is 11.8 Å². The molecule has 4 rings (SSSR count). The number of halogens is 1. The number of rotatable bonds is 12. The van der Waals surface area contributed by atoms with Crippen molar-refractivity contribution in [3.63, 3.8) is 0 Å². The van der Waals surface area contributed by atoms with Crippen molar-refractivity contribution in [3.8, 4) is 0 Å². The second-order valence-corrected chi connectivity index (χ2v) is 13.7. The number of carbonyl (C=O) groups excluding carboxylic acids is 3. The monoisotopic (exact) mass is 617 g/mol. The number of hydrogen-bond donors (Lipinski definition) is 1. The molecule has 39 heavy (non-hydrogen) atoms. The first-order valence-corrected chi connectivity index (χ1v) is 15.5. The molecule has 0 radical (unpaired) electrons.